The summed E-state index contributed by atoms with van der Waals surface area (Å²) in [5.41, 5.74) is 1.72. The summed E-state index contributed by atoms with van der Waals surface area (Å²) in [4.78, 5) is 76.9. The highest BCUT2D eigenvalue weighted by Gasteiger charge is 2.34. The van der Waals surface area contributed by atoms with Gasteiger partial charge in [-0.2, -0.15) is 0 Å². The number of methoxy groups -OCH3 is 1. The summed E-state index contributed by atoms with van der Waals surface area (Å²) in [6.07, 6.45) is 4.19. The fraction of sp³-hybridized carbons (Fsp3) is 0.476. The molecular weight excluding hydrogens is 715 g/mol. The van der Waals surface area contributed by atoms with Crippen LogP contribution >= 0.6 is 0 Å². The molecule has 1 saturated carbocycles. The van der Waals surface area contributed by atoms with Crippen molar-refractivity contribution in [2.24, 2.45) is 11.8 Å². The van der Waals surface area contributed by atoms with Gasteiger partial charge in [0.25, 0.3) is 5.91 Å². The minimum Gasteiger partial charge on any atom is -0.497 e. The van der Waals surface area contributed by atoms with E-state index in [1.807, 2.05) is 31.1 Å². The third-order valence-corrected chi connectivity index (χ3v) is 9.81. The molecule has 2 bridgehead atoms. The molecule has 0 spiro atoms. The number of fused-ring (bicyclic) bond motifs is 17. The fourth-order valence-electron chi connectivity index (χ4n) is 6.55. The first-order valence-corrected chi connectivity index (χ1v) is 19.3. The van der Waals surface area contributed by atoms with Gasteiger partial charge in [-0.25, -0.2) is 4.98 Å². The molecule has 56 heavy (non-hydrogen) atoms. The van der Waals surface area contributed by atoms with Crippen LogP contribution < -0.4 is 35.6 Å². The zero-order chi connectivity index (χ0) is 40.4. The highest BCUT2D eigenvalue weighted by molar-refractivity contribution is 5.99. The Morgan fingerprint density at radius 1 is 0.964 bits per heavy atom. The maximum atomic E-state index is 14.2. The molecule has 3 aliphatic rings. The lowest BCUT2D eigenvalue weighted by molar-refractivity contribution is -0.140. The topological polar surface area (TPSA) is 171 Å². The highest BCUT2D eigenvalue weighted by atomic mass is 16.5. The molecule has 3 heterocycles. The summed E-state index contributed by atoms with van der Waals surface area (Å²) < 4.78 is 11.4. The maximum absolute atomic E-state index is 14.2. The second-order valence-electron chi connectivity index (χ2n) is 15.4. The van der Waals surface area contributed by atoms with E-state index in [-0.39, 0.29) is 55.3 Å². The van der Waals surface area contributed by atoms with Crippen molar-refractivity contribution in [3.63, 3.8) is 0 Å². The van der Waals surface area contributed by atoms with Crippen LogP contribution in [0.25, 0.3) is 0 Å². The van der Waals surface area contributed by atoms with E-state index in [2.05, 4.69) is 40.1 Å². The zero-order valence-electron chi connectivity index (χ0n) is 33.2. The molecule has 14 heteroatoms. The van der Waals surface area contributed by atoms with Crippen LogP contribution in [0.5, 0.6) is 11.5 Å². The number of carbonyl (C=O) groups excluding carboxylic acids is 5. The van der Waals surface area contributed by atoms with Gasteiger partial charge >= 0.3 is 0 Å². The normalized spacial score (nSPS) is 21.4. The fourth-order valence-corrected chi connectivity index (χ4v) is 6.55. The first-order chi connectivity index (χ1) is 26.8. The van der Waals surface area contributed by atoms with Crippen LogP contribution in [-0.4, -0.2) is 104 Å². The monoisotopic (exact) mass is 769 g/mol. The van der Waals surface area contributed by atoms with Gasteiger partial charge in [0.05, 0.1) is 25.3 Å². The number of rotatable bonds is 10. The Kier molecular flexibility index (Phi) is 14.3. The number of aromatic nitrogens is 1. The van der Waals surface area contributed by atoms with Crippen molar-refractivity contribution < 1.29 is 33.4 Å². The molecule has 4 N–H and O–H groups in total. The SMILES string of the molecule is COc1ccc(C[C@@H]2NC(=O)[C@@H](NC(=O)c3ccc(N(C)C)nc3)Cc3ccc(cc3)OC[C@H](CC(C)C)NC(=O)CN(CC3CC3)C(=O)[C@@H](C)NC2=O)cc1. The van der Waals surface area contributed by atoms with Gasteiger partial charge < -0.3 is 40.5 Å². The van der Waals surface area contributed by atoms with Crippen LogP contribution in [0.3, 0.4) is 0 Å². The van der Waals surface area contributed by atoms with Crippen molar-refractivity contribution >= 4 is 35.4 Å². The third-order valence-electron chi connectivity index (χ3n) is 9.81. The molecule has 6 rings (SSSR count). The van der Waals surface area contributed by atoms with Crippen LogP contribution in [-0.2, 0) is 32.0 Å². The van der Waals surface area contributed by atoms with Crippen molar-refractivity contribution in [1.29, 1.82) is 0 Å². The van der Waals surface area contributed by atoms with Crippen LogP contribution in [0.4, 0.5) is 5.82 Å². The van der Waals surface area contributed by atoms with Crippen molar-refractivity contribution in [3.05, 3.63) is 83.6 Å². The number of ether oxygens (including phenoxy) is 2. The number of hydrogen-bond donors (Lipinski definition) is 4. The molecule has 0 unspecified atom stereocenters. The first kappa shape index (κ1) is 41.5. The summed E-state index contributed by atoms with van der Waals surface area (Å²) in [5, 5.41) is 11.6. The molecule has 14 nitrogen and oxygen atoms in total. The summed E-state index contributed by atoms with van der Waals surface area (Å²) in [7, 11) is 5.24. The van der Waals surface area contributed by atoms with Gasteiger partial charge in [0.2, 0.25) is 23.6 Å². The van der Waals surface area contributed by atoms with E-state index in [0.717, 1.165) is 24.0 Å². The first-order valence-electron chi connectivity index (χ1n) is 19.3. The molecule has 1 fully saturated rings. The van der Waals surface area contributed by atoms with E-state index in [9.17, 15) is 24.0 Å². The molecule has 1 aliphatic carbocycles. The molecule has 0 saturated heterocycles. The lowest BCUT2D eigenvalue weighted by Crippen LogP contribution is -2.58. The van der Waals surface area contributed by atoms with Gasteiger partial charge in [-0.3, -0.25) is 24.0 Å². The minimum absolute atomic E-state index is 0.0799. The van der Waals surface area contributed by atoms with Crippen molar-refractivity contribution in [2.45, 2.75) is 77.0 Å². The Labute approximate surface area is 329 Å². The molecule has 2 aromatic carbocycles. The van der Waals surface area contributed by atoms with E-state index in [1.54, 1.807) is 62.6 Å². The number of nitrogens with zero attached hydrogens (tertiary/aromatic N) is 3. The van der Waals surface area contributed by atoms with Crippen LogP contribution in [0.1, 0.15) is 61.5 Å². The molecule has 300 valence electrons. The van der Waals surface area contributed by atoms with Crippen molar-refractivity contribution in [1.82, 2.24) is 31.2 Å². The van der Waals surface area contributed by atoms with Gasteiger partial charge in [0.15, 0.2) is 0 Å². The van der Waals surface area contributed by atoms with Crippen molar-refractivity contribution in [3.8, 4) is 11.5 Å². The molecular formula is C42H55N7O7. The van der Waals surface area contributed by atoms with Gasteiger partial charge in [-0.1, -0.05) is 38.1 Å². The van der Waals surface area contributed by atoms with E-state index in [0.29, 0.717) is 30.3 Å². The summed E-state index contributed by atoms with van der Waals surface area (Å²) in [5.74, 6) is 0.00221. The summed E-state index contributed by atoms with van der Waals surface area (Å²) in [6, 6.07) is 14.1. The predicted octanol–water partition coefficient (Wildman–Crippen LogP) is 2.89. The third kappa shape index (κ3) is 12.2. The second-order valence-corrected chi connectivity index (χ2v) is 15.4. The number of nitrogens with one attached hydrogen (secondary N) is 4. The zero-order valence-corrected chi connectivity index (χ0v) is 33.2. The Bertz CT molecular complexity index is 1810. The van der Waals surface area contributed by atoms with Gasteiger partial charge in [0, 0.05) is 39.7 Å². The molecule has 1 aromatic heterocycles. The number of anilines is 1. The maximum Gasteiger partial charge on any atom is 0.253 e. The average molecular weight is 770 g/mol. The van der Waals surface area contributed by atoms with Gasteiger partial charge in [-0.05, 0) is 85.5 Å². The number of hydrogen-bond acceptors (Lipinski definition) is 9. The molecule has 2 aliphatic heterocycles. The standard InChI is InChI=1S/C42H55N7O7/c1-26(2)19-32-25-56-34-16-11-29(12-17-34)21-36(46-39(51)31-13-18-37(43-22-31)48(4)5)41(53)47-35(20-28-9-14-33(55-6)15-10-28)40(52)44-27(3)42(54)49(23-30-7-8-30)24-38(50)45-32/h9-18,22,26-27,30,32,35-36H,7-8,19-21,23-25H2,1-6H3,(H,44,52)(H,45,50)(H,46,51)(H,47,53)/t27-,32+,35+,36+/m1/s1. The smallest absolute Gasteiger partial charge is 0.253 e. The van der Waals surface area contributed by atoms with Gasteiger partial charge in [0.1, 0.15) is 42.0 Å². The lowest BCUT2D eigenvalue weighted by atomic mass is 10.0. The predicted molar refractivity (Wildman–Crippen MR) is 212 cm³/mol. The number of carbonyl (C=O) groups is 5. The Hall–Kier alpha value is -5.66. The second kappa shape index (κ2) is 19.3. The Morgan fingerprint density at radius 3 is 2.29 bits per heavy atom. The van der Waals surface area contributed by atoms with Crippen molar-refractivity contribution in [2.75, 3.05) is 45.8 Å². The Balaban J connectivity index is 1.47. The van der Waals surface area contributed by atoms with E-state index in [4.69, 9.17) is 9.47 Å². The average Bonchev–Trinajstić information content (AvgIpc) is 4.00. The highest BCUT2D eigenvalue weighted by Crippen LogP contribution is 2.30. The van der Waals surface area contributed by atoms with Crippen LogP contribution in [0.15, 0.2) is 66.9 Å². The number of amides is 5. The van der Waals surface area contributed by atoms with E-state index >= 15 is 0 Å². The lowest BCUT2D eigenvalue weighted by Gasteiger charge is -2.29. The van der Waals surface area contributed by atoms with E-state index < -0.39 is 41.8 Å². The summed E-state index contributed by atoms with van der Waals surface area (Å²) in [6.45, 7) is 6.14. The van der Waals surface area contributed by atoms with Crippen LogP contribution in [0.2, 0.25) is 0 Å². The number of benzene rings is 2. The molecule has 0 radical (unpaired) electrons. The number of pyridine rings is 1. The van der Waals surface area contributed by atoms with E-state index in [1.165, 1.54) is 11.1 Å². The Morgan fingerprint density at radius 2 is 1.68 bits per heavy atom. The molecule has 3 aromatic rings. The minimum atomic E-state index is -1.13. The quantitative estimate of drug-likeness (QED) is 0.227. The largest absolute Gasteiger partial charge is 0.497 e. The summed E-state index contributed by atoms with van der Waals surface area (Å²) >= 11 is 0. The van der Waals surface area contributed by atoms with Crippen LogP contribution in [0, 0.1) is 11.8 Å². The molecule has 5 amide bonds. The molecule has 4 atom stereocenters. The van der Waals surface area contributed by atoms with Gasteiger partial charge in [-0.15, -0.1) is 0 Å².